The Morgan fingerprint density at radius 1 is 1.29 bits per heavy atom. The standard InChI is InChI=1S/C13H18N6OS/c14-11-1-2-16-13(17-11)19-5-4-18(7-10(20)8-19)9-12-15-3-6-21-12/h1-3,6,10,20H,4-5,7-9H2,(H2,14,16,17)/t10-/m0/s1. The van der Waals surface area contributed by atoms with E-state index in [2.05, 4.69) is 19.9 Å². The first-order chi connectivity index (χ1) is 10.2. The summed E-state index contributed by atoms with van der Waals surface area (Å²) in [4.78, 5) is 16.9. The number of β-amino-alcohol motifs (C(OH)–C–C–N with tert-alkyl or cyclic N) is 1. The number of aliphatic hydroxyl groups is 1. The first-order valence-corrected chi connectivity index (χ1v) is 7.71. The fourth-order valence-electron chi connectivity index (χ4n) is 2.42. The highest BCUT2D eigenvalue weighted by atomic mass is 32.1. The molecule has 0 spiro atoms. The predicted octanol–water partition coefficient (Wildman–Crippen LogP) is 0.198. The Balaban J connectivity index is 1.68. The van der Waals surface area contributed by atoms with E-state index in [0.29, 0.717) is 24.9 Å². The van der Waals surface area contributed by atoms with Gasteiger partial charge >= 0.3 is 0 Å². The van der Waals surface area contributed by atoms with Crippen molar-refractivity contribution in [2.75, 3.05) is 36.8 Å². The second-order valence-electron chi connectivity index (χ2n) is 5.04. The van der Waals surface area contributed by atoms with Crippen LogP contribution >= 0.6 is 11.3 Å². The Kier molecular flexibility index (Phi) is 4.28. The summed E-state index contributed by atoms with van der Waals surface area (Å²) >= 11 is 1.63. The van der Waals surface area contributed by atoms with Gasteiger partial charge in [-0.05, 0) is 6.07 Å². The second kappa shape index (κ2) is 6.33. The number of rotatable bonds is 3. The van der Waals surface area contributed by atoms with Gasteiger partial charge in [-0.25, -0.2) is 9.97 Å². The van der Waals surface area contributed by atoms with Crippen molar-refractivity contribution in [2.24, 2.45) is 0 Å². The number of hydrogen-bond acceptors (Lipinski definition) is 8. The molecule has 0 aliphatic carbocycles. The Bertz CT molecular complexity index is 578. The van der Waals surface area contributed by atoms with Gasteiger partial charge in [0.1, 0.15) is 10.8 Å². The average molecular weight is 306 g/mol. The smallest absolute Gasteiger partial charge is 0.227 e. The molecule has 0 amide bonds. The molecular weight excluding hydrogens is 288 g/mol. The molecule has 0 unspecified atom stereocenters. The van der Waals surface area contributed by atoms with Crippen molar-refractivity contribution in [2.45, 2.75) is 12.6 Å². The van der Waals surface area contributed by atoms with E-state index < -0.39 is 6.10 Å². The first kappa shape index (κ1) is 14.2. The molecule has 0 radical (unpaired) electrons. The van der Waals surface area contributed by atoms with Crippen LogP contribution in [-0.4, -0.2) is 57.2 Å². The third kappa shape index (κ3) is 3.66. The highest BCUT2D eigenvalue weighted by Gasteiger charge is 2.23. The summed E-state index contributed by atoms with van der Waals surface area (Å²) in [5.74, 6) is 1.02. The van der Waals surface area contributed by atoms with Gasteiger partial charge in [0, 0.05) is 44.0 Å². The molecule has 1 fully saturated rings. The van der Waals surface area contributed by atoms with Crippen LogP contribution in [0.2, 0.25) is 0 Å². The summed E-state index contributed by atoms with van der Waals surface area (Å²) in [6.07, 6.45) is 3.00. The van der Waals surface area contributed by atoms with E-state index in [4.69, 9.17) is 5.73 Å². The number of nitrogens with two attached hydrogens (primary N) is 1. The number of nitrogen functional groups attached to an aromatic ring is 1. The van der Waals surface area contributed by atoms with Crippen LogP contribution in [-0.2, 0) is 6.54 Å². The SMILES string of the molecule is Nc1ccnc(N2CCN(Cc3nccs3)C[C@H](O)C2)n1. The van der Waals surface area contributed by atoms with Crippen molar-refractivity contribution >= 4 is 23.1 Å². The lowest BCUT2D eigenvalue weighted by Crippen LogP contribution is -2.34. The Morgan fingerprint density at radius 2 is 2.19 bits per heavy atom. The third-order valence-electron chi connectivity index (χ3n) is 3.38. The van der Waals surface area contributed by atoms with E-state index in [9.17, 15) is 5.11 Å². The minimum atomic E-state index is -0.447. The molecule has 3 N–H and O–H groups in total. The number of anilines is 2. The molecule has 3 rings (SSSR count). The van der Waals surface area contributed by atoms with Gasteiger partial charge in [-0.3, -0.25) is 4.90 Å². The first-order valence-electron chi connectivity index (χ1n) is 6.83. The summed E-state index contributed by atoms with van der Waals surface area (Å²) in [6, 6.07) is 1.66. The molecule has 112 valence electrons. The fourth-order valence-corrected chi connectivity index (χ4v) is 3.07. The van der Waals surface area contributed by atoms with Crippen molar-refractivity contribution < 1.29 is 5.11 Å². The van der Waals surface area contributed by atoms with Crippen LogP contribution < -0.4 is 10.6 Å². The Labute approximate surface area is 127 Å². The fraction of sp³-hybridized carbons (Fsp3) is 0.462. The van der Waals surface area contributed by atoms with Crippen LogP contribution in [0.3, 0.4) is 0 Å². The zero-order chi connectivity index (χ0) is 14.7. The molecular formula is C13H18N6OS. The number of thiazole rings is 1. The summed E-state index contributed by atoms with van der Waals surface area (Å²) in [5.41, 5.74) is 5.70. The van der Waals surface area contributed by atoms with Crippen molar-refractivity contribution in [3.63, 3.8) is 0 Å². The third-order valence-corrected chi connectivity index (χ3v) is 4.14. The summed E-state index contributed by atoms with van der Waals surface area (Å²) in [5, 5.41) is 13.2. The van der Waals surface area contributed by atoms with E-state index in [-0.39, 0.29) is 0 Å². The van der Waals surface area contributed by atoms with Gasteiger partial charge in [0.15, 0.2) is 0 Å². The van der Waals surface area contributed by atoms with Gasteiger partial charge in [0.05, 0.1) is 12.6 Å². The molecule has 3 heterocycles. The zero-order valence-electron chi connectivity index (χ0n) is 11.6. The van der Waals surface area contributed by atoms with Crippen molar-refractivity contribution in [1.82, 2.24) is 19.9 Å². The number of hydrogen-bond donors (Lipinski definition) is 2. The summed E-state index contributed by atoms with van der Waals surface area (Å²) in [6.45, 7) is 3.48. The van der Waals surface area contributed by atoms with Gasteiger partial charge in [-0.15, -0.1) is 11.3 Å². The maximum atomic E-state index is 10.2. The van der Waals surface area contributed by atoms with Crippen LogP contribution in [0, 0.1) is 0 Å². The van der Waals surface area contributed by atoms with Gasteiger partial charge in [-0.1, -0.05) is 0 Å². The van der Waals surface area contributed by atoms with Crippen LogP contribution in [0.15, 0.2) is 23.8 Å². The number of nitrogens with zero attached hydrogens (tertiary/aromatic N) is 5. The molecule has 1 aliphatic heterocycles. The van der Waals surface area contributed by atoms with Gasteiger partial charge in [0.2, 0.25) is 5.95 Å². The molecule has 21 heavy (non-hydrogen) atoms. The van der Waals surface area contributed by atoms with Gasteiger partial charge in [0.25, 0.3) is 0 Å². The molecule has 2 aromatic heterocycles. The van der Waals surface area contributed by atoms with Crippen LogP contribution in [0.4, 0.5) is 11.8 Å². The van der Waals surface area contributed by atoms with E-state index in [0.717, 1.165) is 24.6 Å². The van der Waals surface area contributed by atoms with E-state index >= 15 is 0 Å². The lowest BCUT2D eigenvalue weighted by atomic mass is 10.3. The minimum Gasteiger partial charge on any atom is -0.390 e. The lowest BCUT2D eigenvalue weighted by molar-refractivity contribution is 0.129. The van der Waals surface area contributed by atoms with E-state index in [1.165, 1.54) is 0 Å². The molecule has 0 bridgehead atoms. The molecule has 8 heteroatoms. The minimum absolute atomic E-state index is 0.443. The lowest BCUT2D eigenvalue weighted by Gasteiger charge is -2.21. The normalized spacial score (nSPS) is 20.4. The topological polar surface area (TPSA) is 91.4 Å². The molecule has 0 saturated carbocycles. The average Bonchev–Trinajstić information content (AvgIpc) is 2.88. The Morgan fingerprint density at radius 3 is 2.95 bits per heavy atom. The quantitative estimate of drug-likeness (QED) is 0.837. The molecule has 1 atom stereocenters. The van der Waals surface area contributed by atoms with Crippen LogP contribution in [0.5, 0.6) is 0 Å². The molecule has 1 aliphatic rings. The monoisotopic (exact) mass is 306 g/mol. The maximum Gasteiger partial charge on any atom is 0.227 e. The zero-order valence-corrected chi connectivity index (χ0v) is 12.4. The highest BCUT2D eigenvalue weighted by Crippen LogP contribution is 2.15. The summed E-state index contributed by atoms with van der Waals surface area (Å²) < 4.78 is 0. The largest absolute Gasteiger partial charge is 0.390 e. The second-order valence-corrected chi connectivity index (χ2v) is 6.02. The highest BCUT2D eigenvalue weighted by molar-refractivity contribution is 7.09. The van der Waals surface area contributed by atoms with Crippen molar-refractivity contribution in [1.29, 1.82) is 0 Å². The molecule has 7 nitrogen and oxygen atoms in total. The van der Waals surface area contributed by atoms with E-state index in [1.807, 2.05) is 10.3 Å². The van der Waals surface area contributed by atoms with Crippen LogP contribution in [0.25, 0.3) is 0 Å². The van der Waals surface area contributed by atoms with Crippen LogP contribution in [0.1, 0.15) is 5.01 Å². The summed E-state index contributed by atoms with van der Waals surface area (Å²) in [7, 11) is 0. The number of aromatic nitrogens is 3. The molecule has 0 aromatic carbocycles. The number of aliphatic hydroxyl groups excluding tert-OH is 1. The molecule has 1 saturated heterocycles. The predicted molar refractivity (Wildman–Crippen MR) is 82.1 cm³/mol. The van der Waals surface area contributed by atoms with Crippen molar-refractivity contribution in [3.8, 4) is 0 Å². The van der Waals surface area contributed by atoms with Crippen molar-refractivity contribution in [3.05, 3.63) is 28.8 Å². The van der Waals surface area contributed by atoms with E-state index in [1.54, 1.807) is 29.8 Å². The maximum absolute atomic E-state index is 10.2. The Hall–Kier alpha value is -1.77. The van der Waals surface area contributed by atoms with Gasteiger partial charge in [-0.2, -0.15) is 4.98 Å². The van der Waals surface area contributed by atoms with Gasteiger partial charge < -0.3 is 15.7 Å². The molecule has 2 aromatic rings.